The molecule has 1 atom stereocenters. The van der Waals surface area contributed by atoms with Crippen LogP contribution in [0.25, 0.3) is 0 Å². The van der Waals surface area contributed by atoms with Crippen LogP contribution in [0, 0.1) is 18.3 Å². The van der Waals surface area contributed by atoms with Crippen molar-refractivity contribution in [1.29, 1.82) is 5.26 Å². The van der Waals surface area contributed by atoms with Crippen LogP contribution in [0.15, 0.2) is 28.7 Å². The zero-order valence-electron chi connectivity index (χ0n) is 14.8. The van der Waals surface area contributed by atoms with Crippen molar-refractivity contribution in [2.45, 2.75) is 20.0 Å². The van der Waals surface area contributed by atoms with Gasteiger partial charge in [-0.3, -0.25) is 10.1 Å². The third kappa shape index (κ3) is 3.95. The Labute approximate surface area is 150 Å². The highest BCUT2D eigenvalue weighted by Gasteiger charge is 2.26. The summed E-state index contributed by atoms with van der Waals surface area (Å²) in [7, 11) is 2.74. The van der Waals surface area contributed by atoms with E-state index >= 15 is 0 Å². The number of aryl methyl sites for hydroxylation is 1. The van der Waals surface area contributed by atoms with Crippen molar-refractivity contribution in [3.8, 4) is 17.6 Å². The average molecular weight is 358 g/mol. The number of furan rings is 1. The molecule has 2 rings (SSSR count). The van der Waals surface area contributed by atoms with Crippen LogP contribution in [0.5, 0.6) is 11.5 Å². The molecule has 1 amide bonds. The number of rotatable bonds is 6. The van der Waals surface area contributed by atoms with E-state index in [-0.39, 0.29) is 22.8 Å². The number of hydrogen-bond donors (Lipinski definition) is 1. The maximum Gasteiger partial charge on any atom is 0.342 e. The van der Waals surface area contributed by atoms with E-state index in [4.69, 9.17) is 13.9 Å². The SMILES string of the molecule is COC(=O)c1c(C)oc(NC(=O)C(C)Oc2ccc(OC)cc2)c1C#N. The Morgan fingerprint density at radius 1 is 1.19 bits per heavy atom. The van der Waals surface area contributed by atoms with E-state index in [1.165, 1.54) is 14.0 Å². The van der Waals surface area contributed by atoms with Crippen LogP contribution in [0.2, 0.25) is 0 Å². The molecule has 0 fully saturated rings. The van der Waals surface area contributed by atoms with E-state index in [1.807, 2.05) is 6.07 Å². The molecule has 0 aliphatic carbocycles. The molecule has 26 heavy (non-hydrogen) atoms. The fraction of sp³-hybridized carbons (Fsp3) is 0.278. The van der Waals surface area contributed by atoms with Crippen molar-refractivity contribution >= 4 is 17.8 Å². The van der Waals surface area contributed by atoms with Crippen LogP contribution >= 0.6 is 0 Å². The first kappa shape index (κ1) is 18.9. The number of nitriles is 1. The van der Waals surface area contributed by atoms with Gasteiger partial charge in [-0.2, -0.15) is 5.26 Å². The van der Waals surface area contributed by atoms with Gasteiger partial charge in [0.05, 0.1) is 14.2 Å². The Hall–Kier alpha value is -3.47. The highest BCUT2D eigenvalue weighted by Crippen LogP contribution is 2.27. The Morgan fingerprint density at radius 3 is 2.35 bits per heavy atom. The summed E-state index contributed by atoms with van der Waals surface area (Å²) < 4.78 is 20.6. The van der Waals surface area contributed by atoms with Gasteiger partial charge in [-0.25, -0.2) is 4.79 Å². The lowest BCUT2D eigenvalue weighted by Gasteiger charge is -2.14. The second-order valence-corrected chi connectivity index (χ2v) is 5.27. The summed E-state index contributed by atoms with van der Waals surface area (Å²) in [5.74, 6) is -0.0735. The predicted molar refractivity (Wildman–Crippen MR) is 91.2 cm³/mol. The summed E-state index contributed by atoms with van der Waals surface area (Å²) in [6.45, 7) is 3.04. The standard InChI is InChI=1S/C18H18N2O6/c1-10-15(18(22)24-4)14(9-19)17(26-10)20-16(21)11(2)25-13-7-5-12(23-3)6-8-13/h5-8,11H,1-4H3,(H,20,21). The van der Waals surface area contributed by atoms with Crippen molar-refractivity contribution in [1.82, 2.24) is 0 Å². The summed E-state index contributed by atoms with van der Waals surface area (Å²) in [6, 6.07) is 8.57. The average Bonchev–Trinajstić information content (AvgIpc) is 2.96. The molecule has 2 aromatic rings. The number of benzene rings is 1. The minimum Gasteiger partial charge on any atom is -0.497 e. The molecule has 0 aliphatic rings. The van der Waals surface area contributed by atoms with E-state index in [1.54, 1.807) is 38.3 Å². The Morgan fingerprint density at radius 2 is 1.81 bits per heavy atom. The van der Waals surface area contributed by atoms with Crippen LogP contribution in [0.1, 0.15) is 28.6 Å². The molecule has 0 spiro atoms. The van der Waals surface area contributed by atoms with Gasteiger partial charge in [0, 0.05) is 0 Å². The normalized spacial score (nSPS) is 11.2. The number of hydrogen-bond acceptors (Lipinski definition) is 7. The van der Waals surface area contributed by atoms with Gasteiger partial charge in [0.1, 0.15) is 34.5 Å². The van der Waals surface area contributed by atoms with E-state index in [2.05, 4.69) is 10.1 Å². The van der Waals surface area contributed by atoms with E-state index in [0.29, 0.717) is 11.5 Å². The number of anilines is 1. The molecule has 0 saturated heterocycles. The summed E-state index contributed by atoms with van der Waals surface area (Å²) in [5, 5.41) is 11.7. The fourth-order valence-corrected chi connectivity index (χ4v) is 2.21. The van der Waals surface area contributed by atoms with E-state index in [0.717, 1.165) is 0 Å². The van der Waals surface area contributed by atoms with Crippen LogP contribution < -0.4 is 14.8 Å². The molecule has 0 aliphatic heterocycles. The number of ether oxygens (including phenoxy) is 3. The lowest BCUT2D eigenvalue weighted by atomic mass is 10.1. The summed E-state index contributed by atoms with van der Waals surface area (Å²) in [5.41, 5.74) is -0.117. The lowest BCUT2D eigenvalue weighted by Crippen LogP contribution is -2.30. The summed E-state index contributed by atoms with van der Waals surface area (Å²) in [6.07, 6.45) is -0.873. The second kappa shape index (κ2) is 8.07. The van der Waals surface area contributed by atoms with Gasteiger partial charge in [-0.1, -0.05) is 0 Å². The quantitative estimate of drug-likeness (QED) is 0.790. The molecule has 0 bridgehead atoms. The van der Waals surface area contributed by atoms with Crippen LogP contribution in [0.4, 0.5) is 5.88 Å². The summed E-state index contributed by atoms with van der Waals surface area (Å²) >= 11 is 0. The van der Waals surface area contributed by atoms with Gasteiger partial charge in [-0.15, -0.1) is 0 Å². The number of nitrogens with zero attached hydrogens (tertiary/aromatic N) is 1. The molecule has 8 heteroatoms. The molecule has 8 nitrogen and oxygen atoms in total. The van der Waals surface area contributed by atoms with Crippen LogP contribution in [-0.2, 0) is 9.53 Å². The highest BCUT2D eigenvalue weighted by atomic mass is 16.5. The largest absolute Gasteiger partial charge is 0.497 e. The minimum absolute atomic E-state index is 0.0194. The van der Waals surface area contributed by atoms with E-state index in [9.17, 15) is 14.9 Å². The van der Waals surface area contributed by atoms with Gasteiger partial charge < -0.3 is 18.6 Å². The zero-order valence-corrected chi connectivity index (χ0v) is 14.8. The Bertz CT molecular complexity index is 848. The van der Waals surface area contributed by atoms with Gasteiger partial charge in [0.25, 0.3) is 5.91 Å². The number of methoxy groups -OCH3 is 2. The lowest BCUT2D eigenvalue weighted by molar-refractivity contribution is -0.122. The molecule has 1 aromatic heterocycles. The third-order valence-corrected chi connectivity index (χ3v) is 3.56. The fourth-order valence-electron chi connectivity index (χ4n) is 2.21. The van der Waals surface area contributed by atoms with Crippen molar-refractivity contribution in [2.24, 2.45) is 0 Å². The number of carbonyl (C=O) groups excluding carboxylic acids is 2. The molecule has 136 valence electrons. The second-order valence-electron chi connectivity index (χ2n) is 5.27. The number of nitrogens with one attached hydrogen (secondary N) is 1. The Kier molecular flexibility index (Phi) is 5.86. The molecule has 1 N–H and O–H groups in total. The Balaban J connectivity index is 2.13. The van der Waals surface area contributed by atoms with Gasteiger partial charge >= 0.3 is 5.97 Å². The maximum absolute atomic E-state index is 12.3. The predicted octanol–water partition coefficient (Wildman–Crippen LogP) is 2.66. The third-order valence-electron chi connectivity index (χ3n) is 3.56. The molecule has 1 heterocycles. The maximum atomic E-state index is 12.3. The molecular formula is C18H18N2O6. The van der Waals surface area contributed by atoms with Gasteiger partial charge in [-0.05, 0) is 38.1 Å². The molecular weight excluding hydrogens is 340 g/mol. The number of esters is 1. The summed E-state index contributed by atoms with van der Waals surface area (Å²) in [4.78, 5) is 24.1. The molecule has 1 unspecified atom stereocenters. The highest BCUT2D eigenvalue weighted by molar-refractivity contribution is 5.99. The first-order valence-corrected chi connectivity index (χ1v) is 7.64. The topological polar surface area (TPSA) is 111 Å². The monoisotopic (exact) mass is 358 g/mol. The van der Waals surface area contributed by atoms with Crippen molar-refractivity contribution in [2.75, 3.05) is 19.5 Å². The van der Waals surface area contributed by atoms with Crippen LogP contribution in [0.3, 0.4) is 0 Å². The first-order valence-electron chi connectivity index (χ1n) is 7.64. The molecule has 0 radical (unpaired) electrons. The number of amides is 1. The smallest absolute Gasteiger partial charge is 0.342 e. The minimum atomic E-state index is -0.873. The van der Waals surface area contributed by atoms with E-state index < -0.39 is 18.0 Å². The molecule has 0 saturated carbocycles. The zero-order chi connectivity index (χ0) is 19.3. The van der Waals surface area contributed by atoms with Crippen molar-refractivity contribution in [3.63, 3.8) is 0 Å². The van der Waals surface area contributed by atoms with Gasteiger partial charge in [0.2, 0.25) is 5.88 Å². The van der Waals surface area contributed by atoms with Crippen molar-refractivity contribution in [3.05, 3.63) is 41.2 Å². The van der Waals surface area contributed by atoms with Gasteiger partial charge in [0.15, 0.2) is 6.10 Å². The molecule has 1 aromatic carbocycles. The first-order chi connectivity index (χ1) is 12.4. The van der Waals surface area contributed by atoms with Crippen molar-refractivity contribution < 1.29 is 28.2 Å². The van der Waals surface area contributed by atoms with Crippen LogP contribution in [-0.4, -0.2) is 32.2 Å². The number of carbonyl (C=O) groups is 2.